The first-order valence-corrected chi connectivity index (χ1v) is 14.7. The van der Waals surface area contributed by atoms with E-state index in [0.29, 0.717) is 41.3 Å². The molecule has 10 atom stereocenters. The highest BCUT2D eigenvalue weighted by Gasteiger charge is 2.60. The van der Waals surface area contributed by atoms with Gasteiger partial charge in [-0.2, -0.15) is 0 Å². The fraction of sp³-hybridized carbons (Fsp3) is 0.935. The molecule has 0 aromatic rings. The Morgan fingerprint density at radius 1 is 1.14 bits per heavy atom. The minimum Gasteiger partial charge on any atom is -0.457 e. The number of ether oxygens (including phenoxy) is 2. The summed E-state index contributed by atoms with van der Waals surface area (Å²) in [7, 11) is 0. The molecule has 36 heavy (non-hydrogen) atoms. The number of carbonyl (C=O) groups is 2. The van der Waals surface area contributed by atoms with Crippen LogP contribution in [-0.2, 0) is 19.1 Å². The number of aliphatic hydroxyl groups is 1. The van der Waals surface area contributed by atoms with Gasteiger partial charge in [0.1, 0.15) is 5.78 Å². The number of hydrogen-bond acceptors (Lipinski definition) is 5. The molecule has 206 valence electrons. The second-order valence-corrected chi connectivity index (χ2v) is 14.5. The van der Waals surface area contributed by atoms with Crippen molar-refractivity contribution in [3.8, 4) is 0 Å². The van der Waals surface area contributed by atoms with Gasteiger partial charge in [-0.3, -0.25) is 9.59 Å². The first-order valence-electron chi connectivity index (χ1n) is 14.7. The van der Waals surface area contributed by atoms with E-state index in [2.05, 4.69) is 34.6 Å². The molecule has 5 heteroatoms. The van der Waals surface area contributed by atoms with Gasteiger partial charge in [-0.05, 0) is 93.3 Å². The fourth-order valence-corrected chi connectivity index (χ4v) is 9.55. The van der Waals surface area contributed by atoms with Crippen LogP contribution in [0.3, 0.4) is 0 Å². The molecule has 0 aromatic heterocycles. The van der Waals surface area contributed by atoms with Crippen molar-refractivity contribution in [2.75, 3.05) is 0 Å². The minimum atomic E-state index is -1.15. The lowest BCUT2D eigenvalue weighted by Gasteiger charge is -2.50. The predicted octanol–water partition coefficient (Wildman–Crippen LogP) is 6.35. The number of rotatable bonds is 6. The van der Waals surface area contributed by atoms with Gasteiger partial charge in [0.05, 0.1) is 17.8 Å². The molecule has 0 bridgehead atoms. The van der Waals surface area contributed by atoms with Crippen LogP contribution in [-0.4, -0.2) is 40.8 Å². The number of hydrogen-bond donors (Lipinski definition) is 1. The second kappa shape index (κ2) is 9.98. The standard InChI is InChI=1S/C31H52O5/c1-18-11-14-26(33)29(4,5)22(18)13-12-21-10-9-15-31(8)23(21)17-24-27(31)19(2)16-25(36-24)28(30(6,7)34)35-20(3)32/h18-19,21-25,27-28,34H,9-17H2,1-8H3/t18?,19-,21+,22?,23?,24?,25-,27?,28+,31+/m1/s1. The van der Waals surface area contributed by atoms with Gasteiger partial charge in [0.15, 0.2) is 6.10 Å². The van der Waals surface area contributed by atoms with E-state index < -0.39 is 11.7 Å². The molecule has 1 saturated heterocycles. The van der Waals surface area contributed by atoms with Gasteiger partial charge in [0.25, 0.3) is 0 Å². The third kappa shape index (κ3) is 5.05. The normalized spacial score (nSPS) is 43.4. The summed E-state index contributed by atoms with van der Waals surface area (Å²) >= 11 is 0. The molecule has 1 aliphatic heterocycles. The summed E-state index contributed by atoms with van der Waals surface area (Å²) in [6.07, 6.45) is 9.07. The molecule has 0 radical (unpaired) electrons. The molecule has 4 fully saturated rings. The molecule has 3 aliphatic carbocycles. The Balaban J connectivity index is 1.50. The number of Topliss-reactive ketones (excluding diaryl/α,β-unsaturated/α-hetero) is 1. The van der Waals surface area contributed by atoms with E-state index in [1.54, 1.807) is 13.8 Å². The zero-order valence-corrected chi connectivity index (χ0v) is 24.1. The largest absolute Gasteiger partial charge is 0.457 e. The molecule has 0 aromatic carbocycles. The summed E-state index contributed by atoms with van der Waals surface area (Å²) in [5, 5.41) is 10.8. The second-order valence-electron chi connectivity index (χ2n) is 14.5. The molecular formula is C31H52O5. The molecule has 4 aliphatic rings. The van der Waals surface area contributed by atoms with Crippen LogP contribution in [0.4, 0.5) is 0 Å². The van der Waals surface area contributed by atoms with E-state index in [0.717, 1.165) is 32.1 Å². The summed E-state index contributed by atoms with van der Waals surface area (Å²) in [4.78, 5) is 24.6. The van der Waals surface area contributed by atoms with Crippen molar-refractivity contribution in [2.45, 2.75) is 137 Å². The first-order chi connectivity index (χ1) is 16.7. The maximum absolute atomic E-state index is 12.7. The van der Waals surface area contributed by atoms with Crippen LogP contribution in [0.1, 0.15) is 113 Å². The van der Waals surface area contributed by atoms with Crippen molar-refractivity contribution in [3.63, 3.8) is 0 Å². The van der Waals surface area contributed by atoms with E-state index in [1.807, 2.05) is 0 Å². The Bertz CT molecular complexity index is 827. The van der Waals surface area contributed by atoms with Gasteiger partial charge in [0, 0.05) is 18.8 Å². The van der Waals surface area contributed by atoms with Crippen molar-refractivity contribution in [1.29, 1.82) is 0 Å². The molecule has 5 nitrogen and oxygen atoms in total. The Morgan fingerprint density at radius 3 is 2.47 bits per heavy atom. The van der Waals surface area contributed by atoms with Gasteiger partial charge in [-0.15, -0.1) is 0 Å². The van der Waals surface area contributed by atoms with Crippen molar-refractivity contribution in [3.05, 3.63) is 0 Å². The molecule has 3 saturated carbocycles. The van der Waals surface area contributed by atoms with Gasteiger partial charge in [-0.25, -0.2) is 0 Å². The lowest BCUT2D eigenvalue weighted by atomic mass is 9.56. The highest BCUT2D eigenvalue weighted by Crippen LogP contribution is 2.63. The van der Waals surface area contributed by atoms with E-state index in [9.17, 15) is 14.7 Å². The highest BCUT2D eigenvalue weighted by atomic mass is 16.6. The molecule has 5 unspecified atom stereocenters. The van der Waals surface area contributed by atoms with E-state index in [-0.39, 0.29) is 29.0 Å². The SMILES string of the molecule is CC(=O)O[C@@H]([C@H]1C[C@@H](C)C2C(CC3[C@H](CCC4C(C)CCC(=O)C4(C)C)CCC[C@@]32C)O1)C(C)(C)O. The maximum Gasteiger partial charge on any atom is 0.303 e. The van der Waals surface area contributed by atoms with Crippen molar-refractivity contribution in [2.24, 2.45) is 46.3 Å². The molecular weight excluding hydrogens is 452 g/mol. The minimum absolute atomic E-state index is 0.154. The third-order valence-electron chi connectivity index (χ3n) is 11.3. The van der Waals surface area contributed by atoms with Crippen molar-refractivity contribution < 1.29 is 24.2 Å². The summed E-state index contributed by atoms with van der Waals surface area (Å²) in [6.45, 7) is 16.4. The lowest BCUT2D eigenvalue weighted by molar-refractivity contribution is -0.207. The zero-order valence-electron chi connectivity index (χ0n) is 24.1. The summed E-state index contributed by atoms with van der Waals surface area (Å²) in [5.74, 6) is 3.45. The monoisotopic (exact) mass is 504 g/mol. The van der Waals surface area contributed by atoms with Crippen LogP contribution < -0.4 is 0 Å². The Kier molecular flexibility index (Phi) is 7.79. The van der Waals surface area contributed by atoms with E-state index in [4.69, 9.17) is 9.47 Å². The summed E-state index contributed by atoms with van der Waals surface area (Å²) in [6, 6.07) is 0. The Hall–Kier alpha value is -0.940. The van der Waals surface area contributed by atoms with Crippen LogP contribution >= 0.6 is 0 Å². The summed E-state index contributed by atoms with van der Waals surface area (Å²) in [5.41, 5.74) is -1.08. The third-order valence-corrected chi connectivity index (χ3v) is 11.3. The van der Waals surface area contributed by atoms with Gasteiger partial charge >= 0.3 is 5.97 Å². The molecule has 4 rings (SSSR count). The number of fused-ring (bicyclic) bond motifs is 3. The van der Waals surface area contributed by atoms with Crippen LogP contribution in [0.5, 0.6) is 0 Å². The van der Waals surface area contributed by atoms with Crippen LogP contribution in [0, 0.1) is 46.3 Å². The zero-order chi connectivity index (χ0) is 26.6. The predicted molar refractivity (Wildman–Crippen MR) is 141 cm³/mol. The van der Waals surface area contributed by atoms with E-state index in [1.165, 1.54) is 32.6 Å². The molecule has 0 amide bonds. The highest BCUT2D eigenvalue weighted by molar-refractivity contribution is 5.85. The smallest absolute Gasteiger partial charge is 0.303 e. The van der Waals surface area contributed by atoms with Crippen molar-refractivity contribution in [1.82, 2.24) is 0 Å². The lowest BCUT2D eigenvalue weighted by Crippen LogP contribution is -2.54. The molecule has 0 spiro atoms. The Morgan fingerprint density at radius 2 is 1.83 bits per heavy atom. The van der Waals surface area contributed by atoms with Gasteiger partial charge in [0.2, 0.25) is 0 Å². The average Bonchev–Trinajstić information content (AvgIpc) is 3.07. The van der Waals surface area contributed by atoms with Crippen LogP contribution in [0.15, 0.2) is 0 Å². The maximum atomic E-state index is 12.7. The molecule has 1 heterocycles. The van der Waals surface area contributed by atoms with Crippen LogP contribution in [0.2, 0.25) is 0 Å². The van der Waals surface area contributed by atoms with Gasteiger partial charge < -0.3 is 14.6 Å². The number of ketones is 1. The van der Waals surface area contributed by atoms with E-state index >= 15 is 0 Å². The topological polar surface area (TPSA) is 72.8 Å². The quantitative estimate of drug-likeness (QED) is 0.427. The first kappa shape index (κ1) is 28.1. The van der Waals surface area contributed by atoms with Gasteiger partial charge in [-0.1, -0.05) is 47.5 Å². The number of esters is 1. The average molecular weight is 505 g/mol. The fourth-order valence-electron chi connectivity index (χ4n) is 9.55. The Labute approximate surface area is 219 Å². The number of carbonyl (C=O) groups excluding carboxylic acids is 2. The van der Waals surface area contributed by atoms with Crippen molar-refractivity contribution >= 4 is 11.8 Å². The van der Waals surface area contributed by atoms with Crippen LogP contribution in [0.25, 0.3) is 0 Å². The molecule has 1 N–H and O–H groups in total. The summed E-state index contributed by atoms with van der Waals surface area (Å²) < 4.78 is 12.4.